The third kappa shape index (κ3) is 2.28. The van der Waals surface area contributed by atoms with Gasteiger partial charge in [0.05, 0.1) is 17.2 Å². The summed E-state index contributed by atoms with van der Waals surface area (Å²) in [6.45, 7) is 2.72. The Bertz CT molecular complexity index is 424. The van der Waals surface area contributed by atoms with Crippen molar-refractivity contribution in [3.8, 4) is 6.07 Å². The number of aromatic nitrogens is 2. The topological polar surface area (TPSA) is 61.8 Å². The summed E-state index contributed by atoms with van der Waals surface area (Å²) >= 11 is 0. The lowest BCUT2D eigenvalue weighted by molar-refractivity contribution is 0.0443. The molecule has 1 saturated carbocycles. The summed E-state index contributed by atoms with van der Waals surface area (Å²) in [6, 6.07) is 4.24. The van der Waals surface area contributed by atoms with Crippen molar-refractivity contribution in [1.82, 2.24) is 9.78 Å². The Kier molecular flexibility index (Phi) is 4.03. The largest absolute Gasteiger partial charge is 0.385 e. The Morgan fingerprint density at radius 2 is 2.11 bits per heavy atom. The van der Waals surface area contributed by atoms with E-state index in [0.717, 1.165) is 37.9 Å². The van der Waals surface area contributed by atoms with Crippen molar-refractivity contribution in [1.29, 1.82) is 5.26 Å². The van der Waals surface area contributed by atoms with Gasteiger partial charge in [0, 0.05) is 12.7 Å². The van der Waals surface area contributed by atoms with Crippen LogP contribution < -0.4 is 0 Å². The van der Waals surface area contributed by atoms with E-state index in [1.165, 1.54) is 12.8 Å². The Morgan fingerprint density at radius 1 is 1.44 bits per heavy atom. The van der Waals surface area contributed by atoms with Crippen molar-refractivity contribution in [2.45, 2.75) is 58.1 Å². The minimum atomic E-state index is -0.719. The third-order valence-corrected chi connectivity index (χ3v) is 4.07. The fraction of sp³-hybridized carbons (Fsp3) is 0.714. The van der Waals surface area contributed by atoms with Crippen LogP contribution >= 0.6 is 0 Å². The van der Waals surface area contributed by atoms with Gasteiger partial charge in [0.25, 0.3) is 0 Å². The van der Waals surface area contributed by atoms with Crippen LogP contribution in [-0.2, 0) is 6.54 Å². The Balaban J connectivity index is 2.29. The fourth-order valence-corrected chi connectivity index (χ4v) is 2.93. The first-order valence-corrected chi connectivity index (χ1v) is 6.84. The monoisotopic (exact) mass is 247 g/mol. The second-order valence-electron chi connectivity index (χ2n) is 5.16. The quantitative estimate of drug-likeness (QED) is 0.835. The van der Waals surface area contributed by atoms with E-state index < -0.39 is 11.5 Å². The van der Waals surface area contributed by atoms with Crippen molar-refractivity contribution < 1.29 is 5.11 Å². The molecule has 1 aliphatic rings. The van der Waals surface area contributed by atoms with Gasteiger partial charge in [-0.3, -0.25) is 4.68 Å². The summed E-state index contributed by atoms with van der Waals surface area (Å²) in [4.78, 5) is 0. The van der Waals surface area contributed by atoms with Crippen LogP contribution in [0.2, 0.25) is 0 Å². The first-order valence-electron chi connectivity index (χ1n) is 6.84. The number of hydrogen-bond acceptors (Lipinski definition) is 3. The Morgan fingerprint density at radius 3 is 2.67 bits per heavy atom. The number of aliphatic hydroxyl groups is 1. The molecule has 0 bridgehead atoms. The van der Waals surface area contributed by atoms with E-state index in [-0.39, 0.29) is 0 Å². The molecule has 0 aromatic carbocycles. The molecule has 4 heteroatoms. The highest BCUT2D eigenvalue weighted by Gasteiger charge is 2.40. The van der Waals surface area contributed by atoms with Gasteiger partial charge in [0.1, 0.15) is 6.10 Å². The third-order valence-electron chi connectivity index (χ3n) is 4.07. The molecule has 0 amide bonds. The zero-order chi connectivity index (χ0) is 13.0. The Hall–Kier alpha value is -1.34. The van der Waals surface area contributed by atoms with Crippen LogP contribution in [-0.4, -0.2) is 14.9 Å². The van der Waals surface area contributed by atoms with E-state index in [2.05, 4.69) is 11.2 Å². The highest BCUT2D eigenvalue weighted by atomic mass is 16.3. The minimum absolute atomic E-state index is 0.622. The molecular weight excluding hydrogens is 226 g/mol. The predicted molar refractivity (Wildman–Crippen MR) is 68.6 cm³/mol. The van der Waals surface area contributed by atoms with Gasteiger partial charge in [0.15, 0.2) is 0 Å². The molecule has 1 atom stereocenters. The van der Waals surface area contributed by atoms with Gasteiger partial charge in [-0.15, -0.1) is 0 Å². The molecule has 0 aliphatic heterocycles. The lowest BCUT2D eigenvalue weighted by atomic mass is 9.75. The highest BCUT2D eigenvalue weighted by molar-refractivity contribution is 5.16. The van der Waals surface area contributed by atoms with Gasteiger partial charge in [-0.1, -0.05) is 25.7 Å². The number of nitrogens with zero attached hydrogens (tertiary/aromatic N) is 3. The molecule has 1 aliphatic carbocycles. The molecule has 1 fully saturated rings. The average molecular weight is 247 g/mol. The molecule has 2 rings (SSSR count). The maximum absolute atomic E-state index is 10.6. The molecule has 1 unspecified atom stereocenters. The molecule has 18 heavy (non-hydrogen) atoms. The van der Waals surface area contributed by atoms with E-state index in [1.807, 2.05) is 13.0 Å². The van der Waals surface area contributed by atoms with E-state index in [0.29, 0.717) is 0 Å². The van der Waals surface area contributed by atoms with E-state index in [4.69, 9.17) is 0 Å². The van der Waals surface area contributed by atoms with E-state index in [1.54, 1.807) is 10.9 Å². The van der Waals surface area contributed by atoms with Crippen LogP contribution in [0.15, 0.2) is 12.3 Å². The first kappa shape index (κ1) is 13.1. The number of aryl methyl sites for hydroxylation is 1. The lowest BCUT2D eigenvalue weighted by Gasteiger charge is -2.30. The maximum Gasteiger partial charge on any atom is 0.114 e. The smallest absolute Gasteiger partial charge is 0.114 e. The molecule has 0 spiro atoms. The van der Waals surface area contributed by atoms with Gasteiger partial charge < -0.3 is 5.11 Å². The van der Waals surface area contributed by atoms with Gasteiger partial charge in [-0.05, 0) is 25.8 Å². The van der Waals surface area contributed by atoms with Gasteiger partial charge >= 0.3 is 0 Å². The van der Waals surface area contributed by atoms with Crippen molar-refractivity contribution >= 4 is 0 Å². The standard InChI is InChI=1S/C14H21N3O/c1-2-17-12(7-10-16-17)13(18)14(11-15)8-5-3-4-6-9-14/h7,10,13,18H,2-6,8-9H2,1H3. The molecule has 1 aromatic rings. The molecule has 1 N–H and O–H groups in total. The second-order valence-corrected chi connectivity index (χ2v) is 5.16. The van der Waals surface area contributed by atoms with Gasteiger partial charge in [-0.25, -0.2) is 0 Å². The van der Waals surface area contributed by atoms with Crippen LogP contribution in [0, 0.1) is 16.7 Å². The summed E-state index contributed by atoms with van der Waals surface area (Å²) in [5.41, 5.74) is 0.157. The zero-order valence-corrected chi connectivity index (χ0v) is 11.0. The van der Waals surface area contributed by atoms with Crippen molar-refractivity contribution in [2.24, 2.45) is 5.41 Å². The summed E-state index contributed by atoms with van der Waals surface area (Å²) in [5, 5.41) is 24.4. The Labute approximate surface area is 108 Å². The van der Waals surface area contributed by atoms with Crippen molar-refractivity contribution in [3.63, 3.8) is 0 Å². The molecular formula is C14H21N3O. The molecule has 1 heterocycles. The SMILES string of the molecule is CCn1nccc1C(O)C1(C#N)CCCCCC1. The molecule has 0 saturated heterocycles. The highest BCUT2D eigenvalue weighted by Crippen LogP contribution is 2.44. The fourth-order valence-electron chi connectivity index (χ4n) is 2.93. The molecule has 4 nitrogen and oxygen atoms in total. The normalized spacial score (nSPS) is 20.9. The summed E-state index contributed by atoms with van der Waals surface area (Å²) in [6.07, 6.45) is 6.97. The van der Waals surface area contributed by atoms with E-state index >= 15 is 0 Å². The summed E-state index contributed by atoms with van der Waals surface area (Å²) < 4.78 is 1.79. The lowest BCUT2D eigenvalue weighted by Crippen LogP contribution is -2.28. The number of aliphatic hydroxyl groups excluding tert-OH is 1. The molecule has 98 valence electrons. The minimum Gasteiger partial charge on any atom is -0.385 e. The number of rotatable bonds is 3. The predicted octanol–water partition coefficient (Wildman–Crippen LogP) is 2.80. The van der Waals surface area contributed by atoms with Crippen LogP contribution in [0.25, 0.3) is 0 Å². The summed E-state index contributed by atoms with van der Waals surface area (Å²) in [5.74, 6) is 0. The van der Waals surface area contributed by atoms with Crippen LogP contribution in [0.3, 0.4) is 0 Å². The van der Waals surface area contributed by atoms with Gasteiger partial charge in [0.2, 0.25) is 0 Å². The average Bonchev–Trinajstić information content (AvgIpc) is 2.74. The molecule has 0 radical (unpaired) electrons. The van der Waals surface area contributed by atoms with Crippen LogP contribution in [0.4, 0.5) is 0 Å². The van der Waals surface area contributed by atoms with Crippen LogP contribution in [0.1, 0.15) is 57.2 Å². The zero-order valence-electron chi connectivity index (χ0n) is 11.0. The van der Waals surface area contributed by atoms with Crippen molar-refractivity contribution in [3.05, 3.63) is 18.0 Å². The first-order chi connectivity index (χ1) is 8.73. The van der Waals surface area contributed by atoms with Gasteiger partial charge in [-0.2, -0.15) is 10.4 Å². The van der Waals surface area contributed by atoms with Crippen LogP contribution in [0.5, 0.6) is 0 Å². The second kappa shape index (κ2) is 5.53. The number of hydrogen-bond donors (Lipinski definition) is 1. The van der Waals surface area contributed by atoms with Crippen molar-refractivity contribution in [2.75, 3.05) is 0 Å². The molecule has 1 aromatic heterocycles. The van der Waals surface area contributed by atoms with E-state index in [9.17, 15) is 10.4 Å². The maximum atomic E-state index is 10.6. The number of nitriles is 1. The summed E-state index contributed by atoms with van der Waals surface area (Å²) in [7, 11) is 0.